The predicted octanol–water partition coefficient (Wildman–Crippen LogP) is 3.38. The molecule has 0 aromatic heterocycles. The molecule has 1 saturated heterocycles. The standard InChI is InChI=1S/C13H25NS2/c1-9-4-3-5-11(8-9)12(14)13-10(2)15-6-7-16-13/h9-13H,3-8,14H2,1-2H3. The molecule has 1 saturated carbocycles. The van der Waals surface area contributed by atoms with Crippen molar-refractivity contribution >= 4 is 23.5 Å². The fourth-order valence-electron chi connectivity index (χ4n) is 3.17. The molecule has 1 aliphatic carbocycles. The van der Waals surface area contributed by atoms with Gasteiger partial charge in [0.25, 0.3) is 0 Å². The van der Waals surface area contributed by atoms with Crippen molar-refractivity contribution in [3.8, 4) is 0 Å². The zero-order chi connectivity index (χ0) is 11.5. The summed E-state index contributed by atoms with van der Waals surface area (Å²) in [4.78, 5) is 0. The first-order valence-corrected chi connectivity index (χ1v) is 8.77. The van der Waals surface area contributed by atoms with E-state index in [9.17, 15) is 0 Å². The summed E-state index contributed by atoms with van der Waals surface area (Å²) in [5.74, 6) is 4.31. The van der Waals surface area contributed by atoms with E-state index in [1.165, 1.54) is 37.2 Å². The fraction of sp³-hybridized carbons (Fsp3) is 1.00. The zero-order valence-corrected chi connectivity index (χ0v) is 12.2. The molecule has 3 heteroatoms. The Balaban J connectivity index is 1.91. The van der Waals surface area contributed by atoms with Gasteiger partial charge in [-0.05, 0) is 24.7 Å². The van der Waals surface area contributed by atoms with Crippen LogP contribution in [-0.2, 0) is 0 Å². The molecule has 5 atom stereocenters. The molecule has 0 bridgehead atoms. The van der Waals surface area contributed by atoms with Crippen LogP contribution in [0.3, 0.4) is 0 Å². The van der Waals surface area contributed by atoms with Gasteiger partial charge in [0.15, 0.2) is 0 Å². The highest BCUT2D eigenvalue weighted by Crippen LogP contribution is 2.38. The Hall–Kier alpha value is 0.660. The van der Waals surface area contributed by atoms with Crippen LogP contribution in [0.1, 0.15) is 39.5 Å². The molecule has 1 aliphatic heterocycles. The van der Waals surface area contributed by atoms with E-state index in [0.717, 1.165) is 17.1 Å². The number of nitrogens with two attached hydrogens (primary N) is 1. The maximum absolute atomic E-state index is 6.54. The van der Waals surface area contributed by atoms with E-state index < -0.39 is 0 Å². The lowest BCUT2D eigenvalue weighted by molar-refractivity contribution is 0.243. The topological polar surface area (TPSA) is 26.0 Å². The van der Waals surface area contributed by atoms with Crippen LogP contribution in [0.4, 0.5) is 0 Å². The van der Waals surface area contributed by atoms with Gasteiger partial charge in [0.05, 0.1) is 0 Å². The molecule has 1 nitrogen and oxygen atoms in total. The van der Waals surface area contributed by atoms with Gasteiger partial charge >= 0.3 is 0 Å². The Morgan fingerprint density at radius 3 is 2.56 bits per heavy atom. The van der Waals surface area contributed by atoms with Crippen LogP contribution in [0.5, 0.6) is 0 Å². The van der Waals surface area contributed by atoms with Crippen molar-refractivity contribution in [2.24, 2.45) is 17.6 Å². The van der Waals surface area contributed by atoms with E-state index in [-0.39, 0.29) is 0 Å². The van der Waals surface area contributed by atoms with Crippen LogP contribution in [0.2, 0.25) is 0 Å². The number of rotatable bonds is 2. The van der Waals surface area contributed by atoms with E-state index in [0.29, 0.717) is 11.3 Å². The Kier molecular flexibility index (Phi) is 4.92. The Bertz CT molecular complexity index is 222. The second-order valence-corrected chi connectivity index (χ2v) is 8.29. The third kappa shape index (κ3) is 3.11. The van der Waals surface area contributed by atoms with Crippen molar-refractivity contribution in [3.05, 3.63) is 0 Å². The van der Waals surface area contributed by atoms with E-state index in [4.69, 9.17) is 5.73 Å². The van der Waals surface area contributed by atoms with Crippen molar-refractivity contribution in [2.75, 3.05) is 11.5 Å². The molecule has 1 heterocycles. The second kappa shape index (κ2) is 6.01. The molecule has 0 aromatic rings. The third-order valence-corrected chi connectivity index (χ3v) is 7.37. The van der Waals surface area contributed by atoms with E-state index >= 15 is 0 Å². The van der Waals surface area contributed by atoms with Gasteiger partial charge in [0, 0.05) is 28.0 Å². The summed E-state index contributed by atoms with van der Waals surface area (Å²) in [7, 11) is 0. The van der Waals surface area contributed by atoms with Crippen molar-refractivity contribution in [3.63, 3.8) is 0 Å². The highest BCUT2D eigenvalue weighted by atomic mass is 32.2. The molecule has 5 unspecified atom stereocenters. The monoisotopic (exact) mass is 259 g/mol. The molecule has 2 N–H and O–H groups in total. The maximum Gasteiger partial charge on any atom is 0.0318 e. The third-order valence-electron chi connectivity index (χ3n) is 4.14. The van der Waals surface area contributed by atoms with Crippen LogP contribution in [-0.4, -0.2) is 28.0 Å². The van der Waals surface area contributed by atoms with E-state index in [1.54, 1.807) is 0 Å². The fourth-order valence-corrected chi connectivity index (χ4v) is 6.14. The SMILES string of the molecule is CC1CCCC(C(N)C2SCCSC2C)C1. The number of hydrogen-bond donors (Lipinski definition) is 1. The van der Waals surface area contributed by atoms with Crippen molar-refractivity contribution in [1.82, 2.24) is 0 Å². The van der Waals surface area contributed by atoms with Crippen molar-refractivity contribution in [2.45, 2.75) is 56.1 Å². The van der Waals surface area contributed by atoms with Crippen LogP contribution in [0, 0.1) is 11.8 Å². The summed E-state index contributed by atoms with van der Waals surface area (Å²) < 4.78 is 0. The molecule has 2 fully saturated rings. The normalized spacial score (nSPS) is 42.9. The lowest BCUT2D eigenvalue weighted by Crippen LogP contribution is -2.46. The Labute approximate surface area is 109 Å². The average molecular weight is 259 g/mol. The molecule has 2 rings (SSSR count). The van der Waals surface area contributed by atoms with Crippen LogP contribution >= 0.6 is 23.5 Å². The van der Waals surface area contributed by atoms with Gasteiger partial charge in [-0.1, -0.05) is 26.7 Å². The maximum atomic E-state index is 6.54. The van der Waals surface area contributed by atoms with Gasteiger partial charge in [-0.15, -0.1) is 0 Å². The van der Waals surface area contributed by atoms with Crippen LogP contribution in [0.15, 0.2) is 0 Å². The van der Waals surface area contributed by atoms with Crippen LogP contribution < -0.4 is 5.73 Å². The molecule has 16 heavy (non-hydrogen) atoms. The summed E-state index contributed by atoms with van der Waals surface area (Å²) >= 11 is 4.25. The smallest absolute Gasteiger partial charge is 0.0318 e. The molecular weight excluding hydrogens is 234 g/mol. The Morgan fingerprint density at radius 1 is 1.12 bits per heavy atom. The van der Waals surface area contributed by atoms with Gasteiger partial charge < -0.3 is 5.73 Å². The van der Waals surface area contributed by atoms with E-state index in [1.807, 2.05) is 0 Å². The molecule has 94 valence electrons. The average Bonchev–Trinajstić information content (AvgIpc) is 2.29. The van der Waals surface area contributed by atoms with Gasteiger partial charge in [-0.25, -0.2) is 0 Å². The largest absolute Gasteiger partial charge is 0.326 e. The minimum absolute atomic E-state index is 0.440. The summed E-state index contributed by atoms with van der Waals surface area (Å²) in [6.45, 7) is 4.76. The van der Waals surface area contributed by atoms with E-state index in [2.05, 4.69) is 37.4 Å². The lowest BCUT2D eigenvalue weighted by Gasteiger charge is -2.39. The summed E-state index contributed by atoms with van der Waals surface area (Å²) in [5, 5.41) is 1.46. The van der Waals surface area contributed by atoms with Gasteiger partial charge in [0.1, 0.15) is 0 Å². The van der Waals surface area contributed by atoms with Crippen LogP contribution in [0.25, 0.3) is 0 Å². The Morgan fingerprint density at radius 2 is 1.88 bits per heavy atom. The highest BCUT2D eigenvalue weighted by molar-refractivity contribution is 8.07. The van der Waals surface area contributed by atoms with Crippen molar-refractivity contribution < 1.29 is 0 Å². The predicted molar refractivity (Wildman–Crippen MR) is 77.3 cm³/mol. The molecule has 0 spiro atoms. The van der Waals surface area contributed by atoms with Gasteiger partial charge in [-0.2, -0.15) is 23.5 Å². The van der Waals surface area contributed by atoms with Gasteiger partial charge in [0.2, 0.25) is 0 Å². The minimum atomic E-state index is 0.440. The van der Waals surface area contributed by atoms with Gasteiger partial charge in [-0.3, -0.25) is 0 Å². The number of hydrogen-bond acceptors (Lipinski definition) is 3. The summed E-state index contributed by atoms with van der Waals surface area (Å²) in [6, 6.07) is 0.440. The first kappa shape index (κ1) is 13.1. The highest BCUT2D eigenvalue weighted by Gasteiger charge is 2.34. The first-order chi connectivity index (χ1) is 7.68. The first-order valence-electron chi connectivity index (χ1n) is 6.67. The molecule has 0 radical (unpaired) electrons. The minimum Gasteiger partial charge on any atom is -0.326 e. The summed E-state index contributed by atoms with van der Waals surface area (Å²) in [6.07, 6.45) is 5.57. The zero-order valence-electron chi connectivity index (χ0n) is 10.5. The molecule has 0 aromatic carbocycles. The molecular formula is C13H25NS2. The molecule has 0 amide bonds. The number of thioether (sulfide) groups is 2. The quantitative estimate of drug-likeness (QED) is 0.823. The second-order valence-electron chi connectivity index (χ2n) is 5.52. The summed E-state index contributed by atoms with van der Waals surface area (Å²) in [5.41, 5.74) is 6.54. The van der Waals surface area contributed by atoms with Crippen molar-refractivity contribution in [1.29, 1.82) is 0 Å². The lowest BCUT2D eigenvalue weighted by atomic mass is 9.77. The molecule has 2 aliphatic rings.